The molecule has 0 aliphatic carbocycles. The molecule has 0 N–H and O–H groups in total. The first-order chi connectivity index (χ1) is 9.63. The van der Waals surface area contributed by atoms with E-state index in [2.05, 4.69) is 0 Å². The molecule has 0 saturated carbocycles. The molecule has 0 spiro atoms. The van der Waals surface area contributed by atoms with Crippen LogP contribution in [0.15, 0.2) is 30.3 Å². The van der Waals surface area contributed by atoms with Gasteiger partial charge in [0, 0.05) is 0 Å². The number of benzene rings is 1. The van der Waals surface area contributed by atoms with Crippen molar-refractivity contribution in [3.8, 4) is 0 Å². The minimum absolute atomic E-state index is 0.303. The van der Waals surface area contributed by atoms with Crippen molar-refractivity contribution < 1.29 is 19.1 Å². The van der Waals surface area contributed by atoms with Gasteiger partial charge >= 0.3 is 11.9 Å². The van der Waals surface area contributed by atoms with Crippen molar-refractivity contribution in [1.82, 2.24) is 0 Å². The Bertz CT molecular complexity index is 427. The molecule has 0 amide bonds. The summed E-state index contributed by atoms with van der Waals surface area (Å²) in [5.41, 5.74) is 0.490. The molecule has 4 nitrogen and oxygen atoms in total. The van der Waals surface area contributed by atoms with Crippen LogP contribution in [0.4, 0.5) is 0 Å². The highest BCUT2D eigenvalue weighted by atomic mass is 16.6. The molecule has 0 radical (unpaired) electrons. The molecule has 0 heterocycles. The molecule has 1 aromatic carbocycles. The second-order valence-corrected chi connectivity index (χ2v) is 4.48. The zero-order valence-corrected chi connectivity index (χ0v) is 12.3. The SMILES string of the molecule is CCOC(=O)C(CC)C(CC)OC(=O)c1ccccc1. The van der Waals surface area contributed by atoms with Crippen molar-refractivity contribution in [3.05, 3.63) is 35.9 Å². The summed E-state index contributed by atoms with van der Waals surface area (Å²) < 4.78 is 10.5. The van der Waals surface area contributed by atoms with E-state index in [1.54, 1.807) is 31.2 Å². The lowest BCUT2D eigenvalue weighted by Gasteiger charge is -2.23. The highest BCUT2D eigenvalue weighted by Gasteiger charge is 2.30. The predicted molar refractivity (Wildman–Crippen MR) is 76.4 cm³/mol. The summed E-state index contributed by atoms with van der Waals surface area (Å²) in [5, 5.41) is 0. The Morgan fingerprint density at radius 1 is 1.05 bits per heavy atom. The summed E-state index contributed by atoms with van der Waals surface area (Å²) in [6, 6.07) is 8.78. The van der Waals surface area contributed by atoms with E-state index < -0.39 is 18.0 Å². The molecule has 0 saturated heterocycles. The Morgan fingerprint density at radius 3 is 2.20 bits per heavy atom. The maximum absolute atomic E-state index is 12.0. The second-order valence-electron chi connectivity index (χ2n) is 4.48. The fourth-order valence-corrected chi connectivity index (χ4v) is 2.06. The van der Waals surface area contributed by atoms with Crippen LogP contribution < -0.4 is 0 Å². The third-order valence-corrected chi connectivity index (χ3v) is 3.15. The summed E-state index contributed by atoms with van der Waals surface area (Å²) in [6.45, 7) is 5.88. The third-order valence-electron chi connectivity index (χ3n) is 3.15. The Labute approximate surface area is 120 Å². The van der Waals surface area contributed by atoms with Gasteiger partial charge in [-0.15, -0.1) is 0 Å². The van der Waals surface area contributed by atoms with Crippen molar-refractivity contribution in [2.24, 2.45) is 5.92 Å². The molecule has 2 atom stereocenters. The Kier molecular flexibility index (Phi) is 6.77. The van der Waals surface area contributed by atoms with E-state index in [1.807, 2.05) is 19.9 Å². The Hall–Kier alpha value is -1.84. The highest BCUT2D eigenvalue weighted by molar-refractivity contribution is 5.89. The van der Waals surface area contributed by atoms with Crippen molar-refractivity contribution in [2.75, 3.05) is 6.61 Å². The van der Waals surface area contributed by atoms with Gasteiger partial charge in [0.1, 0.15) is 6.10 Å². The van der Waals surface area contributed by atoms with Gasteiger partial charge in [0.25, 0.3) is 0 Å². The van der Waals surface area contributed by atoms with Crippen molar-refractivity contribution >= 4 is 11.9 Å². The number of ether oxygens (including phenoxy) is 2. The summed E-state index contributed by atoms with van der Waals surface area (Å²) in [5.74, 6) is -1.12. The molecule has 0 bridgehead atoms. The fraction of sp³-hybridized carbons (Fsp3) is 0.500. The van der Waals surface area contributed by atoms with Crippen LogP contribution in [-0.2, 0) is 14.3 Å². The first-order valence-corrected chi connectivity index (χ1v) is 7.06. The molecule has 110 valence electrons. The molecular formula is C16H22O4. The summed E-state index contributed by atoms with van der Waals surface area (Å²) >= 11 is 0. The van der Waals surface area contributed by atoms with E-state index in [1.165, 1.54) is 0 Å². The monoisotopic (exact) mass is 278 g/mol. The van der Waals surface area contributed by atoms with Crippen LogP contribution in [0.25, 0.3) is 0 Å². The summed E-state index contributed by atoms with van der Waals surface area (Å²) in [6.07, 6.45) is 0.710. The van der Waals surface area contributed by atoms with Crippen LogP contribution >= 0.6 is 0 Å². The first kappa shape index (κ1) is 16.2. The average molecular weight is 278 g/mol. The lowest BCUT2D eigenvalue weighted by atomic mass is 9.97. The standard InChI is InChI=1S/C16H22O4/c1-4-13(16(18)19-6-3)14(5-2)20-15(17)12-10-8-7-9-11-12/h7-11,13-14H,4-6H2,1-3H3. The predicted octanol–water partition coefficient (Wildman–Crippen LogP) is 3.21. The number of hydrogen-bond donors (Lipinski definition) is 0. The fourth-order valence-electron chi connectivity index (χ4n) is 2.06. The number of hydrogen-bond acceptors (Lipinski definition) is 4. The molecule has 0 aromatic heterocycles. The number of rotatable bonds is 7. The third kappa shape index (κ3) is 4.37. The van der Waals surface area contributed by atoms with Gasteiger partial charge in [0.05, 0.1) is 18.1 Å². The first-order valence-electron chi connectivity index (χ1n) is 7.06. The van der Waals surface area contributed by atoms with E-state index in [0.29, 0.717) is 25.0 Å². The van der Waals surface area contributed by atoms with Gasteiger partial charge in [0.15, 0.2) is 0 Å². The van der Waals surface area contributed by atoms with Crippen molar-refractivity contribution in [3.63, 3.8) is 0 Å². The minimum Gasteiger partial charge on any atom is -0.466 e. The number of esters is 2. The highest BCUT2D eigenvalue weighted by Crippen LogP contribution is 2.19. The van der Waals surface area contributed by atoms with E-state index in [4.69, 9.17) is 9.47 Å². The Balaban J connectivity index is 2.75. The van der Waals surface area contributed by atoms with Gasteiger partial charge in [-0.3, -0.25) is 4.79 Å². The van der Waals surface area contributed by atoms with Gasteiger partial charge in [-0.2, -0.15) is 0 Å². The van der Waals surface area contributed by atoms with Crippen LogP contribution in [0.5, 0.6) is 0 Å². The molecule has 1 aromatic rings. The second kappa shape index (κ2) is 8.35. The normalized spacial score (nSPS) is 13.3. The van der Waals surface area contributed by atoms with Crippen LogP contribution in [0.3, 0.4) is 0 Å². The number of carbonyl (C=O) groups excluding carboxylic acids is 2. The van der Waals surface area contributed by atoms with Crippen molar-refractivity contribution in [2.45, 2.75) is 39.7 Å². The zero-order chi connectivity index (χ0) is 15.0. The van der Waals surface area contributed by atoms with Crippen molar-refractivity contribution in [1.29, 1.82) is 0 Å². The summed E-state index contributed by atoms with van der Waals surface area (Å²) in [4.78, 5) is 23.9. The minimum atomic E-state index is -0.452. The van der Waals surface area contributed by atoms with Gasteiger partial charge < -0.3 is 9.47 Å². The topological polar surface area (TPSA) is 52.6 Å². The van der Waals surface area contributed by atoms with E-state index in [9.17, 15) is 9.59 Å². The zero-order valence-electron chi connectivity index (χ0n) is 12.3. The van der Waals surface area contributed by atoms with Gasteiger partial charge in [-0.25, -0.2) is 4.79 Å². The van der Waals surface area contributed by atoms with Crippen LogP contribution in [0.2, 0.25) is 0 Å². The lowest BCUT2D eigenvalue weighted by molar-refractivity contribution is -0.152. The Morgan fingerprint density at radius 2 is 1.70 bits per heavy atom. The molecule has 4 heteroatoms. The summed E-state index contributed by atoms with van der Waals surface area (Å²) in [7, 11) is 0. The van der Waals surface area contributed by atoms with Crippen LogP contribution in [0, 0.1) is 5.92 Å². The van der Waals surface area contributed by atoms with Gasteiger partial charge in [-0.05, 0) is 31.9 Å². The maximum Gasteiger partial charge on any atom is 0.338 e. The quantitative estimate of drug-likeness (QED) is 0.719. The molecule has 0 aliphatic heterocycles. The van der Waals surface area contributed by atoms with Gasteiger partial charge in [0.2, 0.25) is 0 Å². The van der Waals surface area contributed by atoms with Crippen LogP contribution in [-0.4, -0.2) is 24.6 Å². The largest absolute Gasteiger partial charge is 0.466 e. The molecule has 0 aliphatic rings. The average Bonchev–Trinajstić information content (AvgIpc) is 2.48. The lowest BCUT2D eigenvalue weighted by Crippen LogP contribution is -2.33. The molecule has 20 heavy (non-hydrogen) atoms. The van der Waals surface area contributed by atoms with Crippen LogP contribution in [0.1, 0.15) is 44.0 Å². The van der Waals surface area contributed by atoms with Gasteiger partial charge in [-0.1, -0.05) is 32.0 Å². The van der Waals surface area contributed by atoms with E-state index >= 15 is 0 Å². The number of carbonyl (C=O) groups is 2. The van der Waals surface area contributed by atoms with E-state index in [-0.39, 0.29) is 5.97 Å². The smallest absolute Gasteiger partial charge is 0.338 e. The molecular weight excluding hydrogens is 256 g/mol. The maximum atomic E-state index is 12.0. The molecule has 0 fully saturated rings. The van der Waals surface area contributed by atoms with E-state index in [0.717, 1.165) is 0 Å². The molecule has 2 unspecified atom stereocenters. The molecule has 1 rings (SSSR count).